The van der Waals surface area contributed by atoms with E-state index in [9.17, 15) is 10.1 Å². The van der Waals surface area contributed by atoms with Crippen molar-refractivity contribution in [3.63, 3.8) is 0 Å². The zero-order chi connectivity index (χ0) is 14.9. The second-order valence-electron chi connectivity index (χ2n) is 4.64. The number of hydrogen-bond donors (Lipinski definition) is 0. The van der Waals surface area contributed by atoms with Crippen LogP contribution in [0.1, 0.15) is 11.1 Å². The molecule has 0 N–H and O–H groups in total. The van der Waals surface area contributed by atoms with Crippen molar-refractivity contribution in [1.82, 2.24) is 4.98 Å². The van der Waals surface area contributed by atoms with Crippen LogP contribution >= 0.6 is 11.6 Å². The summed E-state index contributed by atoms with van der Waals surface area (Å²) in [4.78, 5) is 16.4. The van der Waals surface area contributed by atoms with E-state index in [4.69, 9.17) is 11.6 Å². The van der Waals surface area contributed by atoms with E-state index in [-0.39, 0.29) is 16.7 Å². The molecule has 0 amide bonds. The molecule has 1 aromatic carbocycles. The van der Waals surface area contributed by atoms with Crippen LogP contribution in [0.15, 0.2) is 30.3 Å². The zero-order valence-electron chi connectivity index (χ0n) is 11.4. The Kier molecular flexibility index (Phi) is 3.90. The Hall–Kier alpha value is -2.14. The average Bonchev–Trinajstić information content (AvgIpc) is 2.36. The van der Waals surface area contributed by atoms with E-state index < -0.39 is 4.92 Å². The molecule has 0 saturated heterocycles. The fourth-order valence-corrected chi connectivity index (χ4v) is 2.22. The van der Waals surface area contributed by atoms with Crippen LogP contribution in [-0.4, -0.2) is 17.0 Å². The molecule has 0 spiro atoms. The highest BCUT2D eigenvalue weighted by molar-refractivity contribution is 6.29. The third-order valence-corrected chi connectivity index (χ3v) is 3.14. The Bertz CT molecular complexity index is 653. The second-order valence-corrected chi connectivity index (χ2v) is 5.03. The summed E-state index contributed by atoms with van der Waals surface area (Å²) >= 11 is 5.86. The molecule has 20 heavy (non-hydrogen) atoms. The van der Waals surface area contributed by atoms with Gasteiger partial charge < -0.3 is 4.90 Å². The number of rotatable bonds is 3. The van der Waals surface area contributed by atoms with Crippen molar-refractivity contribution in [2.45, 2.75) is 13.8 Å². The lowest BCUT2D eigenvalue weighted by molar-refractivity contribution is -0.384. The van der Waals surface area contributed by atoms with Crippen LogP contribution in [0.2, 0.25) is 5.15 Å². The van der Waals surface area contributed by atoms with Crippen LogP contribution in [0.5, 0.6) is 0 Å². The quantitative estimate of drug-likeness (QED) is 0.487. The molecule has 0 saturated carbocycles. The number of pyridine rings is 1. The van der Waals surface area contributed by atoms with E-state index >= 15 is 0 Å². The molecule has 0 bridgehead atoms. The first-order valence-corrected chi connectivity index (χ1v) is 6.39. The Morgan fingerprint density at radius 1 is 1.20 bits per heavy atom. The molecule has 0 aliphatic carbocycles. The maximum Gasteiger partial charge on any atom is 0.312 e. The minimum absolute atomic E-state index is 0.0731. The van der Waals surface area contributed by atoms with E-state index in [1.165, 1.54) is 12.1 Å². The SMILES string of the molecule is Cc1cc(C)cc(N(C)c2nc(Cl)ccc2[N+](=O)[O-])c1. The van der Waals surface area contributed by atoms with Crippen molar-refractivity contribution in [3.05, 3.63) is 56.7 Å². The van der Waals surface area contributed by atoms with Crippen LogP contribution in [0.3, 0.4) is 0 Å². The first-order valence-electron chi connectivity index (χ1n) is 6.01. The highest BCUT2D eigenvalue weighted by Gasteiger charge is 2.20. The van der Waals surface area contributed by atoms with Gasteiger partial charge in [-0.05, 0) is 43.2 Å². The predicted octanol–water partition coefficient (Wildman–Crippen LogP) is 4.03. The van der Waals surface area contributed by atoms with Gasteiger partial charge in [-0.3, -0.25) is 10.1 Å². The van der Waals surface area contributed by atoms with Crippen molar-refractivity contribution in [2.24, 2.45) is 0 Å². The molecule has 0 fully saturated rings. The van der Waals surface area contributed by atoms with Crippen molar-refractivity contribution < 1.29 is 4.92 Å². The standard InChI is InChI=1S/C14H14ClN3O2/c1-9-6-10(2)8-11(7-9)17(3)14-12(18(19)20)4-5-13(15)16-14/h4-8H,1-3H3. The number of aryl methyl sites for hydroxylation is 2. The molecule has 104 valence electrons. The number of benzene rings is 1. The molecule has 0 unspecified atom stereocenters. The number of anilines is 2. The molecule has 0 aliphatic rings. The summed E-state index contributed by atoms with van der Waals surface area (Å²) in [5.41, 5.74) is 2.92. The highest BCUT2D eigenvalue weighted by atomic mass is 35.5. The van der Waals surface area contributed by atoms with Gasteiger partial charge >= 0.3 is 5.69 Å². The number of aromatic nitrogens is 1. The monoisotopic (exact) mass is 291 g/mol. The van der Waals surface area contributed by atoms with Gasteiger partial charge in [0, 0.05) is 18.8 Å². The molecular formula is C14H14ClN3O2. The smallest absolute Gasteiger partial charge is 0.312 e. The highest BCUT2D eigenvalue weighted by Crippen LogP contribution is 2.32. The first kappa shape index (κ1) is 14.3. The van der Waals surface area contributed by atoms with Crippen LogP contribution in [0.4, 0.5) is 17.2 Å². The first-order chi connectivity index (χ1) is 9.38. The van der Waals surface area contributed by atoms with Gasteiger partial charge in [0.15, 0.2) is 0 Å². The Balaban J connectivity index is 2.54. The fourth-order valence-electron chi connectivity index (χ4n) is 2.07. The lowest BCUT2D eigenvalue weighted by Gasteiger charge is -2.19. The number of halogens is 1. The predicted molar refractivity (Wildman–Crippen MR) is 79.9 cm³/mol. The van der Waals surface area contributed by atoms with E-state index in [0.29, 0.717) is 0 Å². The van der Waals surface area contributed by atoms with E-state index in [2.05, 4.69) is 4.98 Å². The van der Waals surface area contributed by atoms with Crippen molar-refractivity contribution in [3.8, 4) is 0 Å². The minimum atomic E-state index is -0.460. The summed E-state index contributed by atoms with van der Waals surface area (Å²) in [6.45, 7) is 3.95. The molecule has 2 aromatic rings. The van der Waals surface area contributed by atoms with Crippen LogP contribution in [-0.2, 0) is 0 Å². The van der Waals surface area contributed by atoms with Crippen molar-refractivity contribution >= 4 is 28.8 Å². The molecule has 1 heterocycles. The van der Waals surface area contributed by atoms with E-state index in [1.54, 1.807) is 11.9 Å². The van der Waals surface area contributed by atoms with Gasteiger partial charge in [-0.15, -0.1) is 0 Å². The van der Waals surface area contributed by atoms with Gasteiger partial charge in [0.1, 0.15) is 5.15 Å². The Morgan fingerprint density at radius 3 is 2.35 bits per heavy atom. The molecule has 0 atom stereocenters. The van der Waals surface area contributed by atoms with Gasteiger partial charge in [0.25, 0.3) is 0 Å². The summed E-state index contributed by atoms with van der Waals surface area (Å²) in [6.07, 6.45) is 0. The van der Waals surface area contributed by atoms with Crippen LogP contribution in [0.25, 0.3) is 0 Å². The van der Waals surface area contributed by atoms with Crippen molar-refractivity contribution in [2.75, 3.05) is 11.9 Å². The number of hydrogen-bond acceptors (Lipinski definition) is 4. The van der Waals surface area contributed by atoms with Gasteiger partial charge in [-0.1, -0.05) is 17.7 Å². The van der Waals surface area contributed by atoms with Gasteiger partial charge in [0.05, 0.1) is 4.92 Å². The zero-order valence-corrected chi connectivity index (χ0v) is 12.2. The average molecular weight is 292 g/mol. The molecule has 0 radical (unpaired) electrons. The third-order valence-electron chi connectivity index (χ3n) is 2.93. The maximum absolute atomic E-state index is 11.1. The number of nitro groups is 1. The molecule has 5 nitrogen and oxygen atoms in total. The lowest BCUT2D eigenvalue weighted by atomic mass is 10.1. The molecular weight excluding hydrogens is 278 g/mol. The summed E-state index contributed by atoms with van der Waals surface area (Å²) in [7, 11) is 1.74. The largest absolute Gasteiger partial charge is 0.324 e. The molecule has 1 aromatic heterocycles. The van der Waals surface area contributed by atoms with Gasteiger partial charge in [-0.25, -0.2) is 4.98 Å². The van der Waals surface area contributed by atoms with Crippen LogP contribution < -0.4 is 4.90 Å². The Morgan fingerprint density at radius 2 is 1.80 bits per heavy atom. The topological polar surface area (TPSA) is 59.3 Å². The number of nitrogens with zero attached hydrogens (tertiary/aromatic N) is 3. The van der Waals surface area contributed by atoms with Crippen LogP contribution in [0, 0.1) is 24.0 Å². The summed E-state index contributed by atoms with van der Waals surface area (Å²) < 4.78 is 0. The summed E-state index contributed by atoms with van der Waals surface area (Å²) in [5, 5.41) is 11.3. The molecule has 2 rings (SSSR count). The summed E-state index contributed by atoms with van der Waals surface area (Å²) in [6, 6.07) is 8.71. The van der Waals surface area contributed by atoms with Gasteiger partial charge in [0.2, 0.25) is 5.82 Å². The third kappa shape index (κ3) is 2.88. The lowest BCUT2D eigenvalue weighted by Crippen LogP contribution is -2.13. The molecule has 6 heteroatoms. The summed E-state index contributed by atoms with van der Waals surface area (Å²) in [5.74, 6) is 0.229. The van der Waals surface area contributed by atoms with Crippen molar-refractivity contribution in [1.29, 1.82) is 0 Å². The Labute approximate surface area is 122 Å². The van der Waals surface area contributed by atoms with E-state index in [1.807, 2.05) is 32.0 Å². The fraction of sp³-hybridized carbons (Fsp3) is 0.214. The van der Waals surface area contributed by atoms with Gasteiger partial charge in [-0.2, -0.15) is 0 Å². The van der Waals surface area contributed by atoms with E-state index in [0.717, 1.165) is 16.8 Å². The minimum Gasteiger partial charge on any atom is -0.324 e. The maximum atomic E-state index is 11.1. The normalized spacial score (nSPS) is 10.4. The second kappa shape index (κ2) is 5.46. The molecule has 0 aliphatic heterocycles.